The highest BCUT2D eigenvalue weighted by Crippen LogP contribution is 2.30. The van der Waals surface area contributed by atoms with Crippen molar-refractivity contribution in [2.45, 2.75) is 0 Å². The lowest BCUT2D eigenvalue weighted by Gasteiger charge is -2.05. The number of carbonyl (C=O) groups excluding carboxylic acids is 1. The molecule has 0 bridgehead atoms. The average Bonchev–Trinajstić information content (AvgIpc) is 2.08. The lowest BCUT2D eigenvalue weighted by atomic mass is 10.1. The number of benzene rings is 1. The first kappa shape index (κ1) is 10.5. The standard InChI is InChI=1S/C9H7Br2NO/c1-5(9(12)13)6-3-2-4-7(10)8(6)11/h2-4H,1H2,(H2,12,13). The topological polar surface area (TPSA) is 43.1 Å². The molecule has 13 heavy (non-hydrogen) atoms. The van der Waals surface area contributed by atoms with Gasteiger partial charge in [-0.1, -0.05) is 18.7 Å². The van der Waals surface area contributed by atoms with E-state index in [0.717, 1.165) is 8.95 Å². The Morgan fingerprint density at radius 2 is 2.00 bits per heavy atom. The lowest BCUT2D eigenvalue weighted by Crippen LogP contribution is -2.12. The molecule has 1 aromatic rings. The number of hydrogen-bond donors (Lipinski definition) is 1. The Labute approximate surface area is 93.1 Å². The van der Waals surface area contributed by atoms with E-state index < -0.39 is 5.91 Å². The van der Waals surface area contributed by atoms with Gasteiger partial charge >= 0.3 is 0 Å². The normalized spacial score (nSPS) is 9.69. The van der Waals surface area contributed by atoms with E-state index in [1.165, 1.54) is 0 Å². The molecule has 0 saturated carbocycles. The molecule has 1 amide bonds. The summed E-state index contributed by atoms with van der Waals surface area (Å²) in [6.45, 7) is 3.60. The Morgan fingerprint density at radius 1 is 1.38 bits per heavy atom. The number of carbonyl (C=O) groups is 1. The van der Waals surface area contributed by atoms with Crippen molar-refractivity contribution in [2.24, 2.45) is 5.73 Å². The lowest BCUT2D eigenvalue weighted by molar-refractivity contribution is -0.112. The highest BCUT2D eigenvalue weighted by atomic mass is 79.9. The van der Waals surface area contributed by atoms with Crippen molar-refractivity contribution in [3.8, 4) is 0 Å². The fourth-order valence-corrected chi connectivity index (χ4v) is 1.74. The average molecular weight is 305 g/mol. The quantitative estimate of drug-likeness (QED) is 0.839. The SMILES string of the molecule is C=C(C(N)=O)c1cccc(Br)c1Br. The Morgan fingerprint density at radius 3 is 2.54 bits per heavy atom. The maximum absolute atomic E-state index is 10.8. The van der Waals surface area contributed by atoms with E-state index in [1.54, 1.807) is 6.07 Å². The number of amides is 1. The maximum atomic E-state index is 10.8. The number of halogens is 2. The van der Waals surface area contributed by atoms with Crippen molar-refractivity contribution in [3.05, 3.63) is 39.3 Å². The number of nitrogens with two attached hydrogens (primary N) is 1. The fraction of sp³-hybridized carbons (Fsp3) is 0. The molecule has 0 aromatic heterocycles. The molecule has 0 heterocycles. The van der Waals surface area contributed by atoms with Gasteiger partial charge in [0.05, 0.1) is 0 Å². The summed E-state index contributed by atoms with van der Waals surface area (Å²) in [6, 6.07) is 5.46. The molecule has 0 unspecified atom stereocenters. The summed E-state index contributed by atoms with van der Waals surface area (Å²) < 4.78 is 1.66. The summed E-state index contributed by atoms with van der Waals surface area (Å²) in [6.07, 6.45) is 0. The van der Waals surface area contributed by atoms with Crippen molar-refractivity contribution in [1.82, 2.24) is 0 Å². The largest absolute Gasteiger partial charge is 0.366 e. The number of hydrogen-bond acceptors (Lipinski definition) is 1. The van der Waals surface area contributed by atoms with Crippen molar-refractivity contribution in [1.29, 1.82) is 0 Å². The van der Waals surface area contributed by atoms with Crippen LogP contribution in [0.4, 0.5) is 0 Å². The zero-order chi connectivity index (χ0) is 10.0. The molecule has 0 atom stereocenters. The maximum Gasteiger partial charge on any atom is 0.248 e. The molecule has 1 rings (SSSR count). The van der Waals surface area contributed by atoms with E-state index in [2.05, 4.69) is 38.4 Å². The van der Waals surface area contributed by atoms with Crippen LogP contribution in [-0.4, -0.2) is 5.91 Å². The number of primary amides is 1. The summed E-state index contributed by atoms with van der Waals surface area (Å²) in [5.41, 5.74) is 6.12. The fourth-order valence-electron chi connectivity index (χ4n) is 0.870. The monoisotopic (exact) mass is 303 g/mol. The minimum Gasteiger partial charge on any atom is -0.366 e. The molecule has 0 aliphatic carbocycles. The minimum absolute atomic E-state index is 0.299. The second kappa shape index (κ2) is 4.07. The molecule has 0 fully saturated rings. The van der Waals surface area contributed by atoms with Gasteiger partial charge in [0.15, 0.2) is 0 Å². The molecule has 0 spiro atoms. The third-order valence-electron chi connectivity index (χ3n) is 1.57. The van der Waals surface area contributed by atoms with Crippen LogP contribution in [-0.2, 0) is 4.79 Å². The van der Waals surface area contributed by atoms with E-state index >= 15 is 0 Å². The van der Waals surface area contributed by atoms with Crippen molar-refractivity contribution in [3.63, 3.8) is 0 Å². The molecule has 2 N–H and O–H groups in total. The van der Waals surface area contributed by atoms with Crippen molar-refractivity contribution >= 4 is 43.3 Å². The van der Waals surface area contributed by atoms with Gasteiger partial charge in [-0.15, -0.1) is 0 Å². The first-order valence-corrected chi connectivity index (χ1v) is 5.05. The van der Waals surface area contributed by atoms with Crippen LogP contribution in [0.5, 0.6) is 0 Å². The van der Waals surface area contributed by atoms with Gasteiger partial charge in [-0.2, -0.15) is 0 Å². The van der Waals surface area contributed by atoms with Gasteiger partial charge in [-0.25, -0.2) is 0 Å². The summed E-state index contributed by atoms with van der Waals surface area (Å²) >= 11 is 6.66. The highest BCUT2D eigenvalue weighted by Gasteiger charge is 2.10. The van der Waals surface area contributed by atoms with Gasteiger partial charge < -0.3 is 5.73 Å². The molecular formula is C9H7Br2NO. The Kier molecular flexibility index (Phi) is 3.27. The van der Waals surface area contributed by atoms with Crippen LogP contribution in [0.25, 0.3) is 5.57 Å². The minimum atomic E-state index is -0.515. The third kappa shape index (κ3) is 2.19. The summed E-state index contributed by atoms with van der Waals surface area (Å²) in [7, 11) is 0. The van der Waals surface area contributed by atoms with Crippen LogP contribution in [0.2, 0.25) is 0 Å². The predicted molar refractivity (Wildman–Crippen MR) is 60.1 cm³/mol. The van der Waals surface area contributed by atoms with Gasteiger partial charge in [0.2, 0.25) is 5.91 Å². The molecule has 0 aliphatic rings. The molecule has 0 radical (unpaired) electrons. The zero-order valence-corrected chi connectivity index (χ0v) is 9.85. The van der Waals surface area contributed by atoms with E-state index in [0.29, 0.717) is 11.1 Å². The second-order valence-electron chi connectivity index (χ2n) is 2.44. The molecule has 0 aliphatic heterocycles. The number of rotatable bonds is 2. The molecule has 1 aromatic carbocycles. The van der Waals surface area contributed by atoms with Crippen molar-refractivity contribution < 1.29 is 4.79 Å². The van der Waals surface area contributed by atoms with Crippen molar-refractivity contribution in [2.75, 3.05) is 0 Å². The molecule has 68 valence electrons. The van der Waals surface area contributed by atoms with E-state index in [4.69, 9.17) is 5.73 Å². The van der Waals surface area contributed by atoms with Gasteiger partial charge in [-0.3, -0.25) is 4.79 Å². The Balaban J connectivity index is 3.23. The predicted octanol–water partition coefficient (Wildman–Crippen LogP) is 2.71. The van der Waals surface area contributed by atoms with Crippen LogP contribution in [0, 0.1) is 0 Å². The molecule has 4 heteroatoms. The first-order valence-electron chi connectivity index (χ1n) is 3.47. The van der Waals surface area contributed by atoms with Gasteiger partial charge in [0, 0.05) is 20.1 Å². The van der Waals surface area contributed by atoms with Crippen LogP contribution >= 0.6 is 31.9 Å². The Bertz CT molecular complexity index is 374. The Hall–Kier alpha value is -0.610. The van der Waals surface area contributed by atoms with E-state index in [-0.39, 0.29) is 0 Å². The summed E-state index contributed by atoms with van der Waals surface area (Å²) in [5.74, 6) is -0.515. The second-order valence-corrected chi connectivity index (χ2v) is 4.09. The summed E-state index contributed by atoms with van der Waals surface area (Å²) in [5, 5.41) is 0. The van der Waals surface area contributed by atoms with E-state index in [9.17, 15) is 4.79 Å². The van der Waals surface area contributed by atoms with Crippen LogP contribution < -0.4 is 5.73 Å². The third-order valence-corrected chi connectivity index (χ3v) is 3.62. The smallest absolute Gasteiger partial charge is 0.248 e. The summed E-state index contributed by atoms with van der Waals surface area (Å²) in [4.78, 5) is 10.8. The van der Waals surface area contributed by atoms with Crippen LogP contribution in [0.15, 0.2) is 33.7 Å². The van der Waals surface area contributed by atoms with Gasteiger partial charge in [-0.05, 0) is 37.9 Å². The molecule has 2 nitrogen and oxygen atoms in total. The van der Waals surface area contributed by atoms with E-state index in [1.807, 2.05) is 12.1 Å². The molecular weight excluding hydrogens is 298 g/mol. The van der Waals surface area contributed by atoms with Gasteiger partial charge in [0.1, 0.15) is 0 Å². The first-order chi connectivity index (χ1) is 6.04. The zero-order valence-electron chi connectivity index (χ0n) is 6.68. The highest BCUT2D eigenvalue weighted by molar-refractivity contribution is 9.13. The molecule has 0 saturated heterocycles. The van der Waals surface area contributed by atoms with Gasteiger partial charge in [0.25, 0.3) is 0 Å². The van der Waals surface area contributed by atoms with Crippen LogP contribution in [0.3, 0.4) is 0 Å². The van der Waals surface area contributed by atoms with Crippen LogP contribution in [0.1, 0.15) is 5.56 Å².